The molecule has 1 aromatic heterocycles. The first-order valence-corrected chi connectivity index (χ1v) is 4.45. The van der Waals surface area contributed by atoms with Crippen LogP contribution in [-0.4, -0.2) is 5.16 Å². The Balaban J connectivity index is 2.54. The summed E-state index contributed by atoms with van der Waals surface area (Å²) in [5.74, 6) is 5.62. The van der Waals surface area contributed by atoms with Crippen LogP contribution in [0.15, 0.2) is 45.2 Å². The molecule has 0 atom stereocenters. The first-order valence-electron chi connectivity index (χ1n) is 4.45. The summed E-state index contributed by atoms with van der Waals surface area (Å²) in [5.41, 5.74) is 2.16. The molecule has 0 saturated heterocycles. The predicted molar refractivity (Wildman–Crippen MR) is 55.4 cm³/mol. The Morgan fingerprint density at radius 1 is 1.27 bits per heavy atom. The summed E-state index contributed by atoms with van der Waals surface area (Å²) in [6.45, 7) is 1.77. The Labute approximate surface area is 86.6 Å². The van der Waals surface area contributed by atoms with Crippen LogP contribution in [0.5, 0.6) is 0 Å². The molecule has 0 saturated carbocycles. The Bertz CT molecular complexity index is 475. The van der Waals surface area contributed by atoms with Crippen LogP contribution in [0.2, 0.25) is 0 Å². The van der Waals surface area contributed by atoms with Gasteiger partial charge in [0.1, 0.15) is 5.69 Å². The van der Waals surface area contributed by atoms with Gasteiger partial charge in [0.05, 0.1) is 0 Å². The zero-order valence-electron chi connectivity index (χ0n) is 8.21. The first-order chi connectivity index (χ1) is 7.33. The van der Waals surface area contributed by atoms with Crippen molar-refractivity contribution in [3.8, 4) is 11.3 Å². The average Bonchev–Trinajstić information content (AvgIpc) is 2.63. The van der Waals surface area contributed by atoms with Crippen molar-refractivity contribution in [3.05, 3.63) is 36.1 Å². The molecule has 2 rings (SSSR count). The molecule has 0 bridgehead atoms. The zero-order chi connectivity index (χ0) is 10.7. The van der Waals surface area contributed by atoms with Gasteiger partial charge in [0, 0.05) is 5.56 Å². The Morgan fingerprint density at radius 3 is 2.67 bits per heavy atom. The minimum atomic E-state index is 0.573. The van der Waals surface area contributed by atoms with E-state index in [-0.39, 0.29) is 0 Å². The molecule has 0 radical (unpaired) electrons. The van der Waals surface area contributed by atoms with Crippen LogP contribution in [0, 0.1) is 6.92 Å². The summed E-state index contributed by atoms with van der Waals surface area (Å²) in [4.78, 5) is 0. The second-order valence-corrected chi connectivity index (χ2v) is 3.02. The second kappa shape index (κ2) is 3.91. The standard InChI is InChI=1S/C10H10N4O/c1-7-9(12-14-11)10(13-15-7)8-5-3-2-4-6-8/h2-6H,1H3,(H2,11,12). The number of aromatic nitrogens is 1. The molecule has 5 heteroatoms. The van der Waals surface area contributed by atoms with E-state index in [2.05, 4.69) is 15.5 Å². The Hall–Kier alpha value is -2.17. The molecule has 76 valence electrons. The van der Waals surface area contributed by atoms with Gasteiger partial charge in [0.2, 0.25) is 0 Å². The molecule has 2 N–H and O–H groups in total. The van der Waals surface area contributed by atoms with Crippen LogP contribution < -0.4 is 5.84 Å². The lowest BCUT2D eigenvalue weighted by molar-refractivity contribution is 0.400. The van der Waals surface area contributed by atoms with Gasteiger partial charge in [0.15, 0.2) is 11.4 Å². The molecule has 1 aromatic carbocycles. The largest absolute Gasteiger partial charge is 0.359 e. The minimum Gasteiger partial charge on any atom is -0.359 e. The van der Waals surface area contributed by atoms with Gasteiger partial charge in [-0.25, -0.2) is 0 Å². The van der Waals surface area contributed by atoms with Crippen molar-refractivity contribution < 1.29 is 4.52 Å². The quantitative estimate of drug-likeness (QED) is 0.462. The summed E-state index contributed by atoms with van der Waals surface area (Å²) < 4.78 is 5.04. The third-order valence-electron chi connectivity index (χ3n) is 2.04. The van der Waals surface area contributed by atoms with E-state index in [1.807, 2.05) is 30.3 Å². The fourth-order valence-corrected chi connectivity index (χ4v) is 1.33. The summed E-state index contributed by atoms with van der Waals surface area (Å²) >= 11 is 0. The Kier molecular flexibility index (Phi) is 2.45. The fourth-order valence-electron chi connectivity index (χ4n) is 1.33. The molecule has 0 fully saturated rings. The average molecular weight is 202 g/mol. The van der Waals surface area contributed by atoms with Crippen LogP contribution in [0.25, 0.3) is 11.3 Å². The van der Waals surface area contributed by atoms with E-state index in [9.17, 15) is 0 Å². The highest BCUT2D eigenvalue weighted by atomic mass is 16.5. The maximum atomic E-state index is 5.04. The van der Waals surface area contributed by atoms with Crippen LogP contribution in [0.3, 0.4) is 0 Å². The van der Waals surface area contributed by atoms with Crippen LogP contribution >= 0.6 is 0 Å². The van der Waals surface area contributed by atoms with Gasteiger partial charge in [-0.05, 0) is 6.92 Å². The van der Waals surface area contributed by atoms with E-state index in [1.54, 1.807) is 6.92 Å². The van der Waals surface area contributed by atoms with Crippen LogP contribution in [0.4, 0.5) is 5.69 Å². The number of benzene rings is 1. The van der Waals surface area contributed by atoms with Crippen molar-refractivity contribution in [2.75, 3.05) is 0 Å². The van der Waals surface area contributed by atoms with E-state index < -0.39 is 0 Å². The van der Waals surface area contributed by atoms with E-state index in [1.165, 1.54) is 0 Å². The highest BCUT2D eigenvalue weighted by molar-refractivity contribution is 5.72. The van der Waals surface area contributed by atoms with Gasteiger partial charge in [-0.2, -0.15) is 0 Å². The van der Waals surface area contributed by atoms with Crippen molar-refractivity contribution in [2.45, 2.75) is 6.92 Å². The lowest BCUT2D eigenvalue weighted by atomic mass is 10.1. The SMILES string of the molecule is Cc1onc(-c2ccccc2)c1N=NN. The third-order valence-corrected chi connectivity index (χ3v) is 2.04. The van der Waals surface area contributed by atoms with Gasteiger partial charge >= 0.3 is 0 Å². The Morgan fingerprint density at radius 2 is 2.00 bits per heavy atom. The summed E-state index contributed by atoms with van der Waals surface area (Å²) in [6, 6.07) is 9.62. The van der Waals surface area contributed by atoms with Gasteiger partial charge in [-0.1, -0.05) is 40.7 Å². The normalized spacial score (nSPS) is 11.0. The lowest BCUT2D eigenvalue weighted by Crippen LogP contribution is -1.79. The fraction of sp³-hybridized carbons (Fsp3) is 0.100. The molecule has 0 unspecified atom stereocenters. The molecule has 0 aliphatic heterocycles. The molecule has 5 nitrogen and oxygen atoms in total. The molecule has 1 heterocycles. The zero-order valence-corrected chi connectivity index (χ0v) is 8.21. The van der Waals surface area contributed by atoms with E-state index in [0.29, 0.717) is 17.1 Å². The van der Waals surface area contributed by atoms with Crippen molar-refractivity contribution >= 4 is 5.69 Å². The number of nitrogens with zero attached hydrogens (tertiary/aromatic N) is 3. The molecular weight excluding hydrogens is 192 g/mol. The van der Waals surface area contributed by atoms with Crippen molar-refractivity contribution in [1.29, 1.82) is 0 Å². The third kappa shape index (κ3) is 1.71. The summed E-state index contributed by atoms with van der Waals surface area (Å²) in [6.07, 6.45) is 0. The summed E-state index contributed by atoms with van der Waals surface area (Å²) in [7, 11) is 0. The topological polar surface area (TPSA) is 76.8 Å². The predicted octanol–water partition coefficient (Wildman–Crippen LogP) is 2.61. The monoisotopic (exact) mass is 202 g/mol. The molecule has 0 spiro atoms. The molecule has 0 amide bonds. The van der Waals surface area contributed by atoms with Crippen LogP contribution in [0.1, 0.15) is 5.76 Å². The molecule has 15 heavy (non-hydrogen) atoms. The number of nitrogens with two attached hydrogens (primary N) is 1. The van der Waals surface area contributed by atoms with E-state index >= 15 is 0 Å². The maximum absolute atomic E-state index is 5.04. The van der Waals surface area contributed by atoms with Crippen molar-refractivity contribution in [2.24, 2.45) is 16.2 Å². The van der Waals surface area contributed by atoms with Crippen LogP contribution in [-0.2, 0) is 0 Å². The first kappa shape index (κ1) is 9.39. The molecular formula is C10H10N4O. The lowest BCUT2D eigenvalue weighted by Gasteiger charge is -1.95. The molecule has 0 aliphatic rings. The highest BCUT2D eigenvalue weighted by Gasteiger charge is 2.13. The van der Waals surface area contributed by atoms with Crippen molar-refractivity contribution in [3.63, 3.8) is 0 Å². The smallest absolute Gasteiger partial charge is 0.161 e. The summed E-state index contributed by atoms with van der Waals surface area (Å²) in [5, 5.41) is 11.0. The number of rotatable bonds is 2. The number of hydrogen-bond donors (Lipinski definition) is 1. The second-order valence-electron chi connectivity index (χ2n) is 3.02. The highest BCUT2D eigenvalue weighted by Crippen LogP contribution is 2.32. The van der Waals surface area contributed by atoms with E-state index in [0.717, 1.165) is 5.56 Å². The molecule has 2 aromatic rings. The number of hydrogen-bond acceptors (Lipinski definition) is 4. The van der Waals surface area contributed by atoms with Gasteiger partial charge < -0.3 is 10.4 Å². The van der Waals surface area contributed by atoms with Gasteiger partial charge in [0.25, 0.3) is 0 Å². The van der Waals surface area contributed by atoms with E-state index in [4.69, 9.17) is 10.4 Å². The van der Waals surface area contributed by atoms with Gasteiger partial charge in [-0.3, -0.25) is 0 Å². The van der Waals surface area contributed by atoms with Gasteiger partial charge in [-0.15, -0.1) is 5.11 Å². The number of aryl methyl sites for hydroxylation is 1. The minimum absolute atomic E-state index is 0.573. The van der Waals surface area contributed by atoms with Crippen molar-refractivity contribution in [1.82, 2.24) is 5.16 Å². The molecule has 0 aliphatic carbocycles. The maximum Gasteiger partial charge on any atom is 0.161 e.